The maximum atomic E-state index is 5.77. The van der Waals surface area contributed by atoms with E-state index in [1.165, 1.54) is 5.56 Å². The van der Waals surface area contributed by atoms with E-state index in [0.29, 0.717) is 18.7 Å². The molecule has 0 radical (unpaired) electrons. The van der Waals surface area contributed by atoms with Crippen LogP contribution in [0.4, 0.5) is 0 Å². The molecule has 0 unspecified atom stereocenters. The highest BCUT2D eigenvalue weighted by Gasteiger charge is 2.13. The van der Waals surface area contributed by atoms with Crippen LogP contribution in [0.3, 0.4) is 0 Å². The van der Waals surface area contributed by atoms with E-state index in [0.717, 1.165) is 32.0 Å². The Morgan fingerprint density at radius 2 is 1.95 bits per heavy atom. The minimum atomic E-state index is 0.548. The highest BCUT2D eigenvalue weighted by Crippen LogP contribution is 2.12. The Bertz CT molecular complexity index is 353. The molecule has 1 rings (SSSR count). The molecular formula is C16H30N2O2. The van der Waals surface area contributed by atoms with Gasteiger partial charge in [-0.1, -0.05) is 6.92 Å². The van der Waals surface area contributed by atoms with Crippen molar-refractivity contribution in [3.63, 3.8) is 0 Å². The van der Waals surface area contributed by atoms with Crippen LogP contribution in [0.1, 0.15) is 45.9 Å². The zero-order valence-corrected chi connectivity index (χ0v) is 13.6. The number of hydrogen-bond donors (Lipinski definition) is 1. The zero-order valence-electron chi connectivity index (χ0n) is 13.6. The smallest absolute Gasteiger partial charge is 0.133 e. The molecule has 1 N–H and O–H groups in total. The van der Waals surface area contributed by atoms with E-state index in [9.17, 15) is 0 Å². The van der Waals surface area contributed by atoms with Gasteiger partial charge in [0.1, 0.15) is 12.4 Å². The standard InChI is InChI=1S/C16H30N2O2/c1-6-17-11-15-7-9-20-16(15)12-19-10-8-18(13(2)3)14(4)5/h7,9,13-14,17H,6,8,10-12H2,1-5H3. The third-order valence-corrected chi connectivity index (χ3v) is 3.46. The monoisotopic (exact) mass is 282 g/mol. The van der Waals surface area contributed by atoms with Crippen molar-refractivity contribution in [3.05, 3.63) is 23.7 Å². The first-order valence-corrected chi connectivity index (χ1v) is 7.65. The number of ether oxygens (including phenoxy) is 1. The predicted octanol–water partition coefficient (Wildman–Crippen LogP) is 3.02. The number of nitrogens with zero attached hydrogens (tertiary/aromatic N) is 1. The first kappa shape index (κ1) is 17.2. The van der Waals surface area contributed by atoms with Crippen LogP contribution in [0.15, 0.2) is 16.7 Å². The predicted molar refractivity (Wildman–Crippen MR) is 82.7 cm³/mol. The van der Waals surface area contributed by atoms with Gasteiger partial charge in [-0.3, -0.25) is 4.90 Å². The van der Waals surface area contributed by atoms with Gasteiger partial charge in [0.25, 0.3) is 0 Å². The Morgan fingerprint density at radius 1 is 1.25 bits per heavy atom. The summed E-state index contributed by atoms with van der Waals surface area (Å²) in [6, 6.07) is 3.11. The third kappa shape index (κ3) is 5.65. The molecule has 0 saturated carbocycles. The molecule has 1 aromatic heterocycles. The average molecular weight is 282 g/mol. The van der Waals surface area contributed by atoms with Crippen molar-refractivity contribution in [2.45, 2.75) is 59.9 Å². The van der Waals surface area contributed by atoms with Crippen molar-refractivity contribution >= 4 is 0 Å². The van der Waals surface area contributed by atoms with Crippen LogP contribution in [0.2, 0.25) is 0 Å². The normalized spacial score (nSPS) is 12.0. The maximum absolute atomic E-state index is 5.77. The highest BCUT2D eigenvalue weighted by molar-refractivity contribution is 5.15. The lowest BCUT2D eigenvalue weighted by Gasteiger charge is -2.30. The lowest BCUT2D eigenvalue weighted by atomic mass is 10.2. The summed E-state index contributed by atoms with van der Waals surface area (Å²) in [5.41, 5.74) is 1.19. The zero-order chi connectivity index (χ0) is 15.0. The minimum Gasteiger partial charge on any atom is -0.467 e. The van der Waals surface area contributed by atoms with Gasteiger partial charge in [-0.2, -0.15) is 0 Å². The van der Waals surface area contributed by atoms with Gasteiger partial charge in [0.15, 0.2) is 0 Å². The van der Waals surface area contributed by atoms with Crippen molar-refractivity contribution in [2.75, 3.05) is 19.7 Å². The Hall–Kier alpha value is -0.840. The molecule has 0 amide bonds. The summed E-state index contributed by atoms with van der Waals surface area (Å²) >= 11 is 0. The van der Waals surface area contributed by atoms with Crippen LogP contribution in [0.5, 0.6) is 0 Å². The summed E-state index contributed by atoms with van der Waals surface area (Å²) in [6.07, 6.45) is 1.74. The fourth-order valence-electron chi connectivity index (χ4n) is 2.36. The summed E-state index contributed by atoms with van der Waals surface area (Å²) in [5.74, 6) is 0.937. The molecule has 0 fully saturated rings. The van der Waals surface area contributed by atoms with Crippen molar-refractivity contribution < 1.29 is 9.15 Å². The SMILES string of the molecule is CCNCc1ccoc1COCCN(C(C)C)C(C)C. The lowest BCUT2D eigenvalue weighted by Crippen LogP contribution is -2.39. The van der Waals surface area contributed by atoms with Crippen LogP contribution in [0, 0.1) is 0 Å². The molecule has 0 aliphatic carbocycles. The average Bonchev–Trinajstić information content (AvgIpc) is 2.82. The molecule has 1 heterocycles. The third-order valence-electron chi connectivity index (χ3n) is 3.46. The van der Waals surface area contributed by atoms with Crippen LogP contribution in [-0.2, 0) is 17.9 Å². The fraction of sp³-hybridized carbons (Fsp3) is 0.750. The van der Waals surface area contributed by atoms with Crippen LogP contribution < -0.4 is 5.32 Å². The number of nitrogens with one attached hydrogen (secondary N) is 1. The topological polar surface area (TPSA) is 37.6 Å². The molecule has 0 spiro atoms. The van der Waals surface area contributed by atoms with Crippen molar-refractivity contribution in [2.24, 2.45) is 0 Å². The first-order chi connectivity index (χ1) is 9.56. The van der Waals surface area contributed by atoms with E-state index < -0.39 is 0 Å². The number of furan rings is 1. The van der Waals surface area contributed by atoms with E-state index in [1.807, 2.05) is 6.07 Å². The number of rotatable bonds is 10. The first-order valence-electron chi connectivity index (χ1n) is 7.65. The molecular weight excluding hydrogens is 252 g/mol. The molecule has 1 aromatic rings. The van der Waals surface area contributed by atoms with Gasteiger partial charge in [0.2, 0.25) is 0 Å². The Morgan fingerprint density at radius 3 is 2.55 bits per heavy atom. The lowest BCUT2D eigenvalue weighted by molar-refractivity contribution is 0.0616. The van der Waals surface area contributed by atoms with E-state index in [2.05, 4.69) is 44.8 Å². The van der Waals surface area contributed by atoms with Crippen molar-refractivity contribution in [1.82, 2.24) is 10.2 Å². The largest absolute Gasteiger partial charge is 0.467 e. The van der Waals surface area contributed by atoms with Crippen molar-refractivity contribution in [1.29, 1.82) is 0 Å². The van der Waals surface area contributed by atoms with E-state index in [4.69, 9.17) is 9.15 Å². The summed E-state index contributed by atoms with van der Waals surface area (Å²) < 4.78 is 11.3. The van der Waals surface area contributed by atoms with Crippen LogP contribution in [0.25, 0.3) is 0 Å². The molecule has 0 bridgehead atoms. The van der Waals surface area contributed by atoms with Crippen molar-refractivity contribution in [3.8, 4) is 0 Å². The minimum absolute atomic E-state index is 0.548. The van der Waals surface area contributed by atoms with Gasteiger partial charge in [-0.15, -0.1) is 0 Å². The second-order valence-corrected chi connectivity index (χ2v) is 5.63. The fourth-order valence-corrected chi connectivity index (χ4v) is 2.36. The summed E-state index contributed by atoms with van der Waals surface area (Å²) in [6.45, 7) is 15.0. The molecule has 0 saturated heterocycles. The second kappa shape index (κ2) is 9.16. The molecule has 20 heavy (non-hydrogen) atoms. The molecule has 0 aromatic carbocycles. The molecule has 4 heteroatoms. The van der Waals surface area contributed by atoms with Gasteiger partial charge >= 0.3 is 0 Å². The number of hydrogen-bond acceptors (Lipinski definition) is 4. The summed E-state index contributed by atoms with van der Waals surface area (Å²) in [7, 11) is 0. The Kier molecular flexibility index (Phi) is 7.88. The summed E-state index contributed by atoms with van der Waals surface area (Å²) in [5, 5.41) is 3.31. The molecule has 0 aliphatic heterocycles. The van der Waals surface area contributed by atoms with E-state index in [1.54, 1.807) is 6.26 Å². The maximum Gasteiger partial charge on any atom is 0.133 e. The van der Waals surface area contributed by atoms with Crippen LogP contribution >= 0.6 is 0 Å². The van der Waals surface area contributed by atoms with Gasteiger partial charge in [-0.05, 0) is 40.3 Å². The van der Waals surface area contributed by atoms with E-state index in [-0.39, 0.29) is 0 Å². The van der Waals surface area contributed by atoms with E-state index >= 15 is 0 Å². The van der Waals surface area contributed by atoms with Gasteiger partial charge in [-0.25, -0.2) is 0 Å². The Labute approximate surface area is 123 Å². The molecule has 116 valence electrons. The molecule has 0 atom stereocenters. The summed E-state index contributed by atoms with van der Waals surface area (Å²) in [4.78, 5) is 2.43. The quantitative estimate of drug-likeness (QED) is 0.669. The second-order valence-electron chi connectivity index (χ2n) is 5.63. The van der Waals surface area contributed by atoms with Gasteiger partial charge in [0.05, 0.1) is 12.9 Å². The molecule has 0 aliphatic rings. The van der Waals surface area contributed by atoms with Gasteiger partial charge < -0.3 is 14.5 Å². The molecule has 4 nitrogen and oxygen atoms in total. The highest BCUT2D eigenvalue weighted by atomic mass is 16.5. The Balaban J connectivity index is 2.32. The van der Waals surface area contributed by atoms with Crippen LogP contribution in [-0.4, -0.2) is 36.7 Å². The van der Waals surface area contributed by atoms with Gasteiger partial charge in [0, 0.05) is 30.7 Å².